The molecule has 0 spiro atoms. The Balaban J connectivity index is 2.17. The summed E-state index contributed by atoms with van der Waals surface area (Å²) in [4.78, 5) is 26.6. The van der Waals surface area contributed by atoms with E-state index in [4.69, 9.17) is 9.47 Å². The van der Waals surface area contributed by atoms with Crippen molar-refractivity contribution >= 4 is 23.7 Å². The fraction of sp³-hybridized carbons (Fsp3) is 0.280. The fourth-order valence-corrected chi connectivity index (χ4v) is 3.58. The lowest BCUT2D eigenvalue weighted by atomic mass is 10.0. The molecule has 0 bridgehead atoms. The van der Waals surface area contributed by atoms with Gasteiger partial charge in [-0.1, -0.05) is 54.6 Å². The van der Waals surface area contributed by atoms with Gasteiger partial charge in [-0.15, -0.1) is 11.8 Å². The number of carbonyl (C=O) groups excluding carboxylic acids is 2. The van der Waals surface area contributed by atoms with Crippen molar-refractivity contribution in [2.45, 2.75) is 19.6 Å². The van der Waals surface area contributed by atoms with Crippen LogP contribution in [-0.4, -0.2) is 44.1 Å². The second kappa shape index (κ2) is 12.6. The van der Waals surface area contributed by atoms with Crippen LogP contribution in [0.4, 0.5) is 0 Å². The molecule has 0 saturated heterocycles. The van der Waals surface area contributed by atoms with Crippen LogP contribution in [0.5, 0.6) is 0 Å². The van der Waals surface area contributed by atoms with Crippen LogP contribution in [0.15, 0.2) is 77.4 Å². The number of carbonyl (C=O) groups is 2. The lowest BCUT2D eigenvalue weighted by Crippen LogP contribution is -2.21. The molecule has 164 valence electrons. The van der Waals surface area contributed by atoms with Gasteiger partial charge in [0.05, 0.1) is 18.1 Å². The summed E-state index contributed by atoms with van der Waals surface area (Å²) in [6, 6.07) is 18.4. The van der Waals surface area contributed by atoms with Crippen LogP contribution in [0.1, 0.15) is 19.4 Å². The number of likely N-dealkylation sites (N-methyl/N-ethyl adjacent to an activating group) is 1. The lowest BCUT2D eigenvalue weighted by molar-refractivity contribution is -0.140. The average Bonchev–Trinajstić information content (AvgIpc) is 2.77. The zero-order valence-electron chi connectivity index (χ0n) is 18.5. The van der Waals surface area contributed by atoms with Gasteiger partial charge in [-0.3, -0.25) is 0 Å². The summed E-state index contributed by atoms with van der Waals surface area (Å²) in [5.41, 5.74) is 3.75. The van der Waals surface area contributed by atoms with Gasteiger partial charge in [0.2, 0.25) is 0 Å². The number of allylic oxidation sites excluding steroid dienone is 2. The largest absolute Gasteiger partial charge is 0.462 e. The van der Waals surface area contributed by atoms with Crippen LogP contribution in [0, 0.1) is 0 Å². The zero-order chi connectivity index (χ0) is 22.6. The highest BCUT2D eigenvalue weighted by Crippen LogP contribution is 2.25. The van der Waals surface area contributed by atoms with Crippen molar-refractivity contribution in [3.8, 4) is 11.1 Å². The van der Waals surface area contributed by atoms with Crippen LogP contribution in [0.2, 0.25) is 0 Å². The van der Waals surface area contributed by atoms with Crippen LogP contribution >= 0.6 is 11.8 Å². The van der Waals surface area contributed by atoms with Crippen molar-refractivity contribution in [1.29, 1.82) is 0 Å². The Morgan fingerprint density at radius 1 is 0.839 bits per heavy atom. The Kier molecular flexibility index (Phi) is 9.91. The van der Waals surface area contributed by atoms with Crippen molar-refractivity contribution < 1.29 is 19.1 Å². The molecule has 0 saturated carbocycles. The van der Waals surface area contributed by atoms with E-state index in [1.54, 1.807) is 45.0 Å². The molecule has 0 aliphatic rings. The predicted molar refractivity (Wildman–Crippen MR) is 126 cm³/mol. The minimum atomic E-state index is -0.437. The molecular formula is C25H29NO4S. The van der Waals surface area contributed by atoms with Gasteiger partial charge in [0.15, 0.2) is 0 Å². The maximum atomic E-state index is 12.4. The molecule has 0 atom stereocenters. The van der Waals surface area contributed by atoms with Gasteiger partial charge in [0.1, 0.15) is 5.70 Å². The van der Waals surface area contributed by atoms with Gasteiger partial charge in [0.25, 0.3) is 0 Å². The topological polar surface area (TPSA) is 55.8 Å². The molecule has 31 heavy (non-hydrogen) atoms. The van der Waals surface area contributed by atoms with E-state index in [2.05, 4.69) is 36.4 Å². The summed E-state index contributed by atoms with van der Waals surface area (Å²) in [5, 5.41) is 0. The third kappa shape index (κ3) is 7.64. The smallest absolute Gasteiger partial charge is 0.354 e. The van der Waals surface area contributed by atoms with Gasteiger partial charge >= 0.3 is 11.9 Å². The fourth-order valence-electron chi connectivity index (χ4n) is 2.72. The molecule has 2 aromatic rings. The quantitative estimate of drug-likeness (QED) is 0.294. The average molecular weight is 440 g/mol. The molecule has 0 heterocycles. The SMILES string of the molecule is CCOC(=O)/C(=C/C=C(/C(=O)OCC)N(C)C)SCc1ccc(-c2ccccc2)cc1. The maximum Gasteiger partial charge on any atom is 0.354 e. The van der Waals surface area contributed by atoms with E-state index in [0.29, 0.717) is 16.4 Å². The minimum absolute atomic E-state index is 0.282. The second-order valence-corrected chi connectivity index (χ2v) is 7.79. The van der Waals surface area contributed by atoms with Crippen molar-refractivity contribution in [1.82, 2.24) is 4.90 Å². The van der Waals surface area contributed by atoms with Crippen LogP contribution in [0.25, 0.3) is 11.1 Å². The Labute approximate surface area is 188 Å². The number of nitrogens with zero attached hydrogens (tertiary/aromatic N) is 1. The van der Waals surface area contributed by atoms with Crippen LogP contribution in [-0.2, 0) is 24.8 Å². The van der Waals surface area contributed by atoms with E-state index in [1.807, 2.05) is 18.2 Å². The first-order chi connectivity index (χ1) is 15.0. The van der Waals surface area contributed by atoms with E-state index < -0.39 is 11.9 Å². The van der Waals surface area contributed by atoms with Crippen molar-refractivity contribution in [3.05, 3.63) is 82.9 Å². The zero-order valence-corrected chi connectivity index (χ0v) is 19.3. The highest BCUT2D eigenvalue weighted by Gasteiger charge is 2.15. The molecule has 5 nitrogen and oxygen atoms in total. The number of benzene rings is 2. The van der Waals surface area contributed by atoms with E-state index >= 15 is 0 Å². The molecular weight excluding hydrogens is 410 g/mol. The molecule has 0 unspecified atom stereocenters. The number of ether oxygens (including phenoxy) is 2. The maximum absolute atomic E-state index is 12.4. The third-order valence-corrected chi connectivity index (χ3v) is 5.38. The normalized spacial score (nSPS) is 11.7. The molecule has 0 fully saturated rings. The van der Waals surface area contributed by atoms with Gasteiger partial charge in [-0.05, 0) is 42.7 Å². The summed E-state index contributed by atoms with van der Waals surface area (Å²) >= 11 is 1.37. The first-order valence-corrected chi connectivity index (χ1v) is 11.2. The molecule has 0 aliphatic heterocycles. The van der Waals surface area contributed by atoms with Gasteiger partial charge in [-0.25, -0.2) is 9.59 Å². The summed E-state index contributed by atoms with van der Waals surface area (Å²) < 4.78 is 10.3. The molecule has 0 aliphatic carbocycles. The van der Waals surface area contributed by atoms with E-state index in [9.17, 15) is 9.59 Å². The monoisotopic (exact) mass is 439 g/mol. The molecule has 0 aromatic heterocycles. The number of thioether (sulfide) groups is 1. The van der Waals surface area contributed by atoms with Gasteiger partial charge in [0, 0.05) is 19.8 Å². The van der Waals surface area contributed by atoms with Gasteiger partial charge in [-0.2, -0.15) is 0 Å². The van der Waals surface area contributed by atoms with Crippen molar-refractivity contribution in [2.75, 3.05) is 27.3 Å². The number of hydrogen-bond donors (Lipinski definition) is 0. The summed E-state index contributed by atoms with van der Waals surface area (Å²) in [5.74, 6) is -0.246. The molecule has 0 radical (unpaired) electrons. The number of rotatable bonds is 10. The Bertz CT molecular complexity index is 918. The summed E-state index contributed by atoms with van der Waals surface area (Å²) in [6.45, 7) is 4.09. The van der Waals surface area contributed by atoms with Crippen LogP contribution < -0.4 is 0 Å². The standard InChI is InChI=1S/C25H29NO4S/c1-5-29-24(27)22(26(3)4)16-17-23(25(28)30-6-2)31-18-19-12-14-21(15-13-19)20-10-8-7-9-11-20/h7-17H,5-6,18H2,1-4H3/b22-16-,23-17-. The summed E-state index contributed by atoms with van der Waals surface area (Å²) in [7, 11) is 3.50. The lowest BCUT2D eigenvalue weighted by Gasteiger charge is -2.15. The van der Waals surface area contributed by atoms with Gasteiger partial charge < -0.3 is 14.4 Å². The molecule has 2 rings (SSSR count). The Morgan fingerprint density at radius 2 is 1.42 bits per heavy atom. The van der Waals surface area contributed by atoms with E-state index in [-0.39, 0.29) is 13.2 Å². The first-order valence-electron chi connectivity index (χ1n) is 10.2. The third-order valence-electron chi connectivity index (χ3n) is 4.29. The first kappa shape index (κ1) is 24.3. The Morgan fingerprint density at radius 3 is 2.00 bits per heavy atom. The number of esters is 2. The summed E-state index contributed by atoms with van der Waals surface area (Å²) in [6.07, 6.45) is 3.21. The highest BCUT2D eigenvalue weighted by molar-refractivity contribution is 8.03. The van der Waals surface area contributed by atoms with Crippen LogP contribution in [0.3, 0.4) is 0 Å². The highest BCUT2D eigenvalue weighted by atomic mass is 32.2. The minimum Gasteiger partial charge on any atom is -0.462 e. The predicted octanol–water partition coefficient (Wildman–Crippen LogP) is 5.04. The second-order valence-electron chi connectivity index (χ2n) is 6.77. The van der Waals surface area contributed by atoms with E-state index in [0.717, 1.165) is 16.7 Å². The van der Waals surface area contributed by atoms with Crippen molar-refractivity contribution in [2.24, 2.45) is 0 Å². The molecule has 0 amide bonds. The van der Waals surface area contributed by atoms with E-state index in [1.165, 1.54) is 11.8 Å². The Hall–Kier alpha value is -2.99. The molecule has 2 aromatic carbocycles. The molecule has 6 heteroatoms. The number of hydrogen-bond acceptors (Lipinski definition) is 6. The molecule has 0 N–H and O–H groups in total. The van der Waals surface area contributed by atoms with Crippen molar-refractivity contribution in [3.63, 3.8) is 0 Å².